The van der Waals surface area contributed by atoms with Crippen molar-refractivity contribution >= 4 is 23.1 Å². The van der Waals surface area contributed by atoms with E-state index >= 15 is 0 Å². The van der Waals surface area contributed by atoms with Crippen molar-refractivity contribution in [3.63, 3.8) is 0 Å². The zero-order valence-electron chi connectivity index (χ0n) is 9.80. The molecule has 1 aromatic rings. The van der Waals surface area contributed by atoms with Crippen molar-refractivity contribution in [2.24, 2.45) is 11.7 Å². The van der Waals surface area contributed by atoms with E-state index in [0.717, 1.165) is 19.0 Å². The Morgan fingerprint density at radius 1 is 1.44 bits per heavy atom. The molecule has 1 fully saturated rings. The van der Waals surface area contributed by atoms with E-state index in [1.54, 1.807) is 4.90 Å². The molecule has 0 aromatic carbocycles. The Bertz CT molecular complexity index is 472. The number of nitrogens with zero attached hydrogens (tertiary/aromatic N) is 2. The maximum Gasteiger partial charge on any atom is 0.255 e. The van der Waals surface area contributed by atoms with Crippen LogP contribution in [0.1, 0.15) is 23.2 Å². The van der Waals surface area contributed by atoms with E-state index in [1.165, 1.54) is 12.3 Å². The monoisotopic (exact) mass is 267 g/mol. The first-order chi connectivity index (χ1) is 8.58. The van der Waals surface area contributed by atoms with Gasteiger partial charge in [0.05, 0.1) is 16.7 Å². The highest BCUT2D eigenvalue weighted by atomic mass is 32.1. The first-order valence-electron chi connectivity index (χ1n) is 5.77. The number of pyridine rings is 1. The molecule has 1 aromatic heterocycles. The number of nitrogens with two attached hydrogens (primary N) is 1. The van der Waals surface area contributed by atoms with Crippen LogP contribution in [0.5, 0.6) is 0 Å². The van der Waals surface area contributed by atoms with Crippen molar-refractivity contribution in [2.75, 3.05) is 13.1 Å². The predicted octanol–water partition coefficient (Wildman–Crippen LogP) is 1.36. The van der Waals surface area contributed by atoms with Crippen molar-refractivity contribution in [2.45, 2.75) is 12.8 Å². The second-order valence-electron chi connectivity index (χ2n) is 4.36. The summed E-state index contributed by atoms with van der Waals surface area (Å²) in [6.07, 6.45) is 3.99. The molecule has 0 unspecified atom stereocenters. The van der Waals surface area contributed by atoms with Gasteiger partial charge in [-0.15, -0.1) is 0 Å². The Balaban J connectivity index is 2.02. The quantitative estimate of drug-likeness (QED) is 0.822. The predicted molar refractivity (Wildman–Crippen MR) is 69.6 cm³/mol. The molecule has 0 aliphatic carbocycles. The molecule has 0 saturated carbocycles. The summed E-state index contributed by atoms with van der Waals surface area (Å²) in [7, 11) is 0. The van der Waals surface area contributed by atoms with Crippen molar-refractivity contribution in [1.82, 2.24) is 9.88 Å². The van der Waals surface area contributed by atoms with E-state index in [4.69, 9.17) is 18.0 Å². The summed E-state index contributed by atoms with van der Waals surface area (Å²) in [5.74, 6) is -0.489. The summed E-state index contributed by atoms with van der Waals surface area (Å²) in [6, 6.07) is 1.20. The number of halogens is 1. The van der Waals surface area contributed by atoms with Crippen LogP contribution in [0.2, 0.25) is 0 Å². The molecule has 1 saturated heterocycles. The number of amides is 1. The van der Waals surface area contributed by atoms with Gasteiger partial charge in [-0.3, -0.25) is 9.78 Å². The molecule has 1 amide bonds. The number of hydrogen-bond donors (Lipinski definition) is 1. The van der Waals surface area contributed by atoms with Gasteiger partial charge in [0.25, 0.3) is 5.91 Å². The first kappa shape index (κ1) is 12.9. The van der Waals surface area contributed by atoms with Crippen LogP contribution in [0.15, 0.2) is 18.5 Å². The molecule has 4 nitrogen and oxygen atoms in total. The van der Waals surface area contributed by atoms with Gasteiger partial charge in [-0.25, -0.2) is 4.39 Å². The molecule has 0 bridgehead atoms. The molecule has 0 radical (unpaired) electrons. The fourth-order valence-corrected chi connectivity index (χ4v) is 2.31. The summed E-state index contributed by atoms with van der Waals surface area (Å²) in [5.41, 5.74) is 5.87. The fraction of sp³-hybridized carbons (Fsp3) is 0.417. The Morgan fingerprint density at radius 3 is 2.67 bits per heavy atom. The zero-order chi connectivity index (χ0) is 13.1. The highest BCUT2D eigenvalue weighted by molar-refractivity contribution is 7.80. The smallest absolute Gasteiger partial charge is 0.255 e. The average Bonchev–Trinajstić information content (AvgIpc) is 2.38. The van der Waals surface area contributed by atoms with E-state index in [0.29, 0.717) is 18.1 Å². The van der Waals surface area contributed by atoms with Crippen molar-refractivity contribution < 1.29 is 9.18 Å². The minimum Gasteiger partial charge on any atom is -0.393 e. The number of carbonyl (C=O) groups excluding carboxylic acids is 1. The van der Waals surface area contributed by atoms with Crippen molar-refractivity contribution in [3.8, 4) is 0 Å². The zero-order valence-corrected chi connectivity index (χ0v) is 10.6. The van der Waals surface area contributed by atoms with Gasteiger partial charge < -0.3 is 10.6 Å². The largest absolute Gasteiger partial charge is 0.393 e. The number of thiocarbonyl (C=S) groups is 1. The van der Waals surface area contributed by atoms with Crippen LogP contribution in [0, 0.1) is 11.7 Å². The summed E-state index contributed by atoms with van der Waals surface area (Å²) in [6.45, 7) is 1.19. The van der Waals surface area contributed by atoms with Crippen LogP contribution < -0.4 is 5.73 Å². The lowest BCUT2D eigenvalue weighted by Crippen LogP contribution is -2.41. The number of aromatic nitrogens is 1. The lowest BCUT2D eigenvalue weighted by molar-refractivity contribution is 0.0709. The van der Waals surface area contributed by atoms with Gasteiger partial charge in [0.1, 0.15) is 5.82 Å². The standard InChI is InChI=1S/C12H14FN3OS/c13-10-5-9(6-15-7-10)12(17)16-3-1-8(2-4-16)11(14)18/h5-8H,1-4H2,(H2,14,18). The second kappa shape index (κ2) is 5.39. The fourth-order valence-electron chi connectivity index (χ4n) is 2.08. The molecule has 0 spiro atoms. The Hall–Kier alpha value is -1.56. The number of piperidine rings is 1. The third-order valence-corrected chi connectivity index (χ3v) is 3.47. The van der Waals surface area contributed by atoms with Gasteiger partial charge in [0.15, 0.2) is 0 Å². The maximum atomic E-state index is 13.0. The van der Waals surface area contributed by atoms with E-state index in [2.05, 4.69) is 4.98 Å². The highest BCUT2D eigenvalue weighted by Crippen LogP contribution is 2.19. The van der Waals surface area contributed by atoms with Crippen LogP contribution in [-0.4, -0.2) is 33.9 Å². The number of rotatable bonds is 2. The number of carbonyl (C=O) groups is 1. The molecular weight excluding hydrogens is 253 g/mol. The SMILES string of the molecule is NC(=S)C1CCN(C(=O)c2cncc(F)c2)CC1. The van der Waals surface area contributed by atoms with E-state index < -0.39 is 5.82 Å². The topological polar surface area (TPSA) is 59.2 Å². The molecule has 18 heavy (non-hydrogen) atoms. The third kappa shape index (κ3) is 2.81. The normalized spacial score (nSPS) is 16.6. The summed E-state index contributed by atoms with van der Waals surface area (Å²) < 4.78 is 13.0. The van der Waals surface area contributed by atoms with Crippen molar-refractivity contribution in [3.05, 3.63) is 29.8 Å². The van der Waals surface area contributed by atoms with Gasteiger partial charge in [0.2, 0.25) is 0 Å². The molecular formula is C12H14FN3OS. The molecule has 2 heterocycles. The lowest BCUT2D eigenvalue weighted by Gasteiger charge is -2.31. The third-order valence-electron chi connectivity index (χ3n) is 3.14. The highest BCUT2D eigenvalue weighted by Gasteiger charge is 2.25. The van der Waals surface area contributed by atoms with Gasteiger partial charge >= 0.3 is 0 Å². The minimum absolute atomic E-state index is 0.191. The average molecular weight is 267 g/mol. The molecule has 1 aliphatic heterocycles. The number of hydrogen-bond acceptors (Lipinski definition) is 3. The molecule has 2 N–H and O–H groups in total. The Kier molecular flexibility index (Phi) is 3.86. The molecule has 6 heteroatoms. The van der Waals surface area contributed by atoms with Crippen LogP contribution in [-0.2, 0) is 0 Å². The summed E-state index contributed by atoms with van der Waals surface area (Å²) in [5, 5.41) is 0. The molecule has 1 aliphatic rings. The Morgan fingerprint density at radius 2 is 2.11 bits per heavy atom. The molecule has 2 rings (SSSR count). The van der Waals surface area contributed by atoms with Crippen LogP contribution in [0.4, 0.5) is 4.39 Å². The molecule has 96 valence electrons. The maximum absolute atomic E-state index is 13.0. The van der Waals surface area contributed by atoms with Gasteiger partial charge in [-0.05, 0) is 18.9 Å². The van der Waals surface area contributed by atoms with Crippen LogP contribution in [0.3, 0.4) is 0 Å². The first-order valence-corrected chi connectivity index (χ1v) is 6.18. The van der Waals surface area contributed by atoms with Gasteiger partial charge in [0, 0.05) is 25.2 Å². The number of likely N-dealkylation sites (tertiary alicyclic amines) is 1. The van der Waals surface area contributed by atoms with E-state index in [-0.39, 0.29) is 17.4 Å². The molecule has 0 atom stereocenters. The lowest BCUT2D eigenvalue weighted by atomic mass is 9.96. The summed E-state index contributed by atoms with van der Waals surface area (Å²) in [4.78, 5) is 18.0. The van der Waals surface area contributed by atoms with Crippen molar-refractivity contribution in [1.29, 1.82) is 0 Å². The minimum atomic E-state index is -0.501. The van der Waals surface area contributed by atoms with Crippen LogP contribution >= 0.6 is 12.2 Å². The van der Waals surface area contributed by atoms with E-state index in [9.17, 15) is 9.18 Å². The Labute approximate surface area is 110 Å². The van der Waals surface area contributed by atoms with Gasteiger partial charge in [-0.2, -0.15) is 0 Å². The van der Waals surface area contributed by atoms with Gasteiger partial charge in [-0.1, -0.05) is 12.2 Å². The second-order valence-corrected chi connectivity index (χ2v) is 4.83. The summed E-state index contributed by atoms with van der Waals surface area (Å²) >= 11 is 4.95. The van der Waals surface area contributed by atoms with E-state index in [1.807, 2.05) is 0 Å². The van der Waals surface area contributed by atoms with Crippen LogP contribution in [0.25, 0.3) is 0 Å².